The number of nitrogens with zero attached hydrogens (tertiary/aromatic N) is 4. The molecule has 0 aliphatic carbocycles. The van der Waals surface area contributed by atoms with E-state index in [9.17, 15) is 4.79 Å². The fourth-order valence-corrected chi connectivity index (χ4v) is 3.77. The zero-order valence-corrected chi connectivity index (χ0v) is 15.3. The maximum absolute atomic E-state index is 12.4. The summed E-state index contributed by atoms with van der Waals surface area (Å²) in [6, 6.07) is 11.5. The second-order valence-electron chi connectivity index (χ2n) is 5.43. The van der Waals surface area contributed by atoms with Crippen molar-refractivity contribution in [2.45, 2.75) is 4.90 Å². The molecule has 6 nitrogen and oxygen atoms in total. The van der Waals surface area contributed by atoms with Crippen LogP contribution in [0.5, 0.6) is 0 Å². The number of nitrogens with one attached hydrogen (secondary N) is 1. The smallest absolute Gasteiger partial charge is 0.282 e. The van der Waals surface area contributed by atoms with Gasteiger partial charge in [0.2, 0.25) is 5.17 Å². The number of thioether (sulfide) groups is 2. The van der Waals surface area contributed by atoms with Gasteiger partial charge >= 0.3 is 0 Å². The Morgan fingerprint density at radius 3 is 2.58 bits per heavy atom. The predicted octanol–water partition coefficient (Wildman–Crippen LogP) is 3.47. The van der Waals surface area contributed by atoms with E-state index in [2.05, 4.69) is 15.1 Å². The molecule has 2 aliphatic heterocycles. The van der Waals surface area contributed by atoms with Crippen molar-refractivity contribution in [1.82, 2.24) is 9.99 Å². The van der Waals surface area contributed by atoms with Gasteiger partial charge in [0.1, 0.15) is 5.04 Å². The van der Waals surface area contributed by atoms with Gasteiger partial charge in [-0.25, -0.2) is 0 Å². The lowest BCUT2D eigenvalue weighted by Crippen LogP contribution is -2.35. The van der Waals surface area contributed by atoms with E-state index in [0.717, 1.165) is 16.0 Å². The van der Waals surface area contributed by atoms with Crippen LogP contribution in [0.25, 0.3) is 6.08 Å². The zero-order chi connectivity index (χ0) is 18.1. The second kappa shape index (κ2) is 6.89. The number of pyridine rings is 1. The number of amides is 1. The van der Waals surface area contributed by atoms with Crippen LogP contribution in [0.15, 0.2) is 69.4 Å². The molecule has 0 saturated heterocycles. The molecule has 26 heavy (non-hydrogen) atoms. The van der Waals surface area contributed by atoms with Gasteiger partial charge in [-0.1, -0.05) is 12.1 Å². The summed E-state index contributed by atoms with van der Waals surface area (Å²) in [5.41, 5.74) is 1.95. The van der Waals surface area contributed by atoms with Crippen LogP contribution < -0.4 is 0 Å². The molecule has 8 heteroatoms. The minimum atomic E-state index is -0.422. The average molecular weight is 379 g/mol. The first-order valence-electron chi connectivity index (χ1n) is 7.70. The van der Waals surface area contributed by atoms with Crippen molar-refractivity contribution in [2.24, 2.45) is 10.1 Å². The number of benzene rings is 1. The number of amidine groups is 2. The third-order valence-electron chi connectivity index (χ3n) is 3.81. The zero-order valence-electron chi connectivity index (χ0n) is 13.7. The van der Waals surface area contributed by atoms with Gasteiger partial charge in [-0.05, 0) is 53.9 Å². The Kier molecular flexibility index (Phi) is 4.44. The molecule has 0 bridgehead atoms. The minimum absolute atomic E-state index is 0.0329. The van der Waals surface area contributed by atoms with Crippen LogP contribution in [0.2, 0.25) is 0 Å². The largest absolute Gasteiger partial charge is 0.283 e. The van der Waals surface area contributed by atoms with Crippen LogP contribution >= 0.6 is 23.5 Å². The lowest BCUT2D eigenvalue weighted by atomic mass is 10.1. The van der Waals surface area contributed by atoms with Crippen molar-refractivity contribution in [3.63, 3.8) is 0 Å². The number of rotatable bonds is 3. The van der Waals surface area contributed by atoms with Gasteiger partial charge in [0.05, 0.1) is 5.57 Å². The van der Waals surface area contributed by atoms with Gasteiger partial charge in [0.15, 0.2) is 5.84 Å². The lowest BCUT2D eigenvalue weighted by Gasteiger charge is -2.20. The minimum Gasteiger partial charge on any atom is -0.282 e. The molecule has 0 atom stereocenters. The predicted molar refractivity (Wildman–Crippen MR) is 107 cm³/mol. The van der Waals surface area contributed by atoms with Gasteiger partial charge < -0.3 is 0 Å². The van der Waals surface area contributed by atoms with Gasteiger partial charge in [-0.3, -0.25) is 15.2 Å². The number of fused-ring (bicyclic) bond motifs is 1. The van der Waals surface area contributed by atoms with Crippen molar-refractivity contribution in [2.75, 3.05) is 6.26 Å². The number of hydrogen-bond acceptors (Lipinski definition) is 6. The Balaban J connectivity index is 1.66. The first kappa shape index (κ1) is 16.7. The monoisotopic (exact) mass is 379 g/mol. The normalized spacial score (nSPS) is 18.0. The molecule has 128 valence electrons. The standard InChI is InChI=1S/C18H13N5OS2/c1-25-13-4-2-11(3-5-13)10-14-15(19)23-18(21-16(14)24)26-17(22-23)12-6-8-20-9-7-12/h2-10,19H,1H3. The fourth-order valence-electron chi connectivity index (χ4n) is 2.47. The molecular formula is C18H13N5OS2. The summed E-state index contributed by atoms with van der Waals surface area (Å²) in [4.78, 5) is 21.7. The summed E-state index contributed by atoms with van der Waals surface area (Å²) in [5, 5.41) is 15.4. The van der Waals surface area contributed by atoms with Crippen LogP contribution in [0.1, 0.15) is 11.1 Å². The van der Waals surface area contributed by atoms with Crippen molar-refractivity contribution < 1.29 is 4.79 Å². The van der Waals surface area contributed by atoms with E-state index in [1.165, 1.54) is 16.8 Å². The highest BCUT2D eigenvalue weighted by Crippen LogP contribution is 2.30. The molecule has 0 radical (unpaired) electrons. The number of aliphatic imine (C=N–C) groups is 1. The Morgan fingerprint density at radius 1 is 1.15 bits per heavy atom. The highest BCUT2D eigenvalue weighted by Gasteiger charge is 2.35. The van der Waals surface area contributed by atoms with Crippen LogP contribution in [0, 0.1) is 5.41 Å². The summed E-state index contributed by atoms with van der Waals surface area (Å²) in [6.07, 6.45) is 7.04. The average Bonchev–Trinajstić information content (AvgIpc) is 3.10. The lowest BCUT2D eigenvalue weighted by molar-refractivity contribution is -0.114. The topological polar surface area (TPSA) is 81.8 Å². The summed E-state index contributed by atoms with van der Waals surface area (Å²) in [7, 11) is 0. The van der Waals surface area contributed by atoms with E-state index in [4.69, 9.17) is 5.41 Å². The third kappa shape index (κ3) is 3.09. The first-order valence-corrected chi connectivity index (χ1v) is 9.74. The second-order valence-corrected chi connectivity index (χ2v) is 7.27. The molecule has 4 rings (SSSR count). The molecular weight excluding hydrogens is 366 g/mol. The number of aromatic nitrogens is 1. The molecule has 1 amide bonds. The summed E-state index contributed by atoms with van der Waals surface area (Å²) in [5.74, 6) is -0.389. The molecule has 0 saturated carbocycles. The van der Waals surface area contributed by atoms with Crippen LogP contribution in [0.3, 0.4) is 0 Å². The number of carbonyl (C=O) groups excluding carboxylic acids is 1. The maximum atomic E-state index is 12.4. The van der Waals surface area contributed by atoms with Crippen molar-refractivity contribution in [3.8, 4) is 0 Å². The third-order valence-corrected chi connectivity index (χ3v) is 5.51. The number of hydrogen-bond donors (Lipinski definition) is 1. The van der Waals surface area contributed by atoms with E-state index >= 15 is 0 Å². The molecule has 3 heterocycles. The van der Waals surface area contributed by atoms with Crippen LogP contribution in [0.4, 0.5) is 0 Å². The SMILES string of the molecule is CSc1ccc(C=C2C(=N)N3N=C(c4ccncc4)SC3=NC2=O)cc1. The van der Waals surface area contributed by atoms with E-state index in [0.29, 0.717) is 10.2 Å². The van der Waals surface area contributed by atoms with Gasteiger partial charge in [0, 0.05) is 22.9 Å². The van der Waals surface area contributed by atoms with Crippen LogP contribution in [-0.2, 0) is 4.79 Å². The molecule has 2 aromatic rings. The molecule has 0 unspecified atom stereocenters. The Labute approximate surface area is 158 Å². The Bertz CT molecular complexity index is 980. The summed E-state index contributed by atoms with van der Waals surface area (Å²) in [6.45, 7) is 0. The van der Waals surface area contributed by atoms with Gasteiger partial charge in [-0.15, -0.1) is 11.8 Å². The van der Waals surface area contributed by atoms with E-state index in [-0.39, 0.29) is 11.4 Å². The maximum Gasteiger partial charge on any atom is 0.283 e. The van der Waals surface area contributed by atoms with Crippen molar-refractivity contribution in [1.29, 1.82) is 5.41 Å². The Morgan fingerprint density at radius 2 is 1.88 bits per heavy atom. The molecule has 1 N–H and O–H groups in total. The van der Waals surface area contributed by atoms with Crippen molar-refractivity contribution >= 4 is 51.6 Å². The highest BCUT2D eigenvalue weighted by atomic mass is 32.2. The molecule has 1 aromatic carbocycles. The summed E-state index contributed by atoms with van der Waals surface area (Å²) < 4.78 is 0. The molecule has 0 fully saturated rings. The van der Waals surface area contributed by atoms with E-state index in [1.807, 2.05) is 42.7 Å². The van der Waals surface area contributed by atoms with Crippen LogP contribution in [-0.4, -0.2) is 38.2 Å². The van der Waals surface area contributed by atoms with E-state index in [1.54, 1.807) is 30.2 Å². The van der Waals surface area contributed by atoms with Gasteiger partial charge in [0.25, 0.3) is 5.91 Å². The van der Waals surface area contributed by atoms with Gasteiger partial charge in [-0.2, -0.15) is 15.1 Å². The molecule has 2 aliphatic rings. The number of carbonyl (C=O) groups is 1. The molecule has 0 spiro atoms. The first-order chi connectivity index (χ1) is 12.7. The Hall–Kier alpha value is -2.71. The molecule has 1 aromatic heterocycles. The quantitative estimate of drug-likeness (QED) is 0.652. The van der Waals surface area contributed by atoms with E-state index < -0.39 is 5.91 Å². The fraction of sp³-hybridized carbons (Fsp3) is 0.0556. The van der Waals surface area contributed by atoms with Crippen molar-refractivity contribution in [3.05, 3.63) is 65.5 Å². The summed E-state index contributed by atoms with van der Waals surface area (Å²) >= 11 is 2.93. The highest BCUT2D eigenvalue weighted by molar-refractivity contribution is 8.27. The number of hydrazone groups is 1.